The maximum atomic E-state index is 11.2. The van der Waals surface area contributed by atoms with Crippen molar-refractivity contribution < 1.29 is 29.3 Å². The summed E-state index contributed by atoms with van der Waals surface area (Å²) in [5, 5.41) is 18.1. The van der Waals surface area contributed by atoms with Crippen LogP contribution in [0.1, 0.15) is 26.3 Å². The van der Waals surface area contributed by atoms with Gasteiger partial charge in [-0.2, -0.15) is 0 Å². The van der Waals surface area contributed by atoms with E-state index in [2.05, 4.69) is 0 Å². The van der Waals surface area contributed by atoms with Crippen molar-refractivity contribution in [3.05, 3.63) is 34.9 Å². The van der Waals surface area contributed by atoms with E-state index in [-0.39, 0.29) is 17.5 Å². The highest BCUT2D eigenvalue weighted by molar-refractivity contribution is 6.02. The molecule has 1 aromatic rings. The Balaban J connectivity index is 3.22. The van der Waals surface area contributed by atoms with Gasteiger partial charge < -0.3 is 19.7 Å². The van der Waals surface area contributed by atoms with Gasteiger partial charge >= 0.3 is 11.9 Å². The standard InChI is InChI=1S/C12H14O6/c1-17-9(18-2)6-7-4-3-5-8(11(13)14)10(7)12(15)16/h3-5,9H,6H2,1-2H3,(H,13,14)(H,15,16). The highest BCUT2D eigenvalue weighted by Gasteiger charge is 2.21. The summed E-state index contributed by atoms with van der Waals surface area (Å²) in [6.45, 7) is 0. The molecular formula is C12H14O6. The van der Waals surface area contributed by atoms with Crippen molar-refractivity contribution in [1.82, 2.24) is 0 Å². The average Bonchev–Trinajstić information content (AvgIpc) is 2.35. The lowest BCUT2D eigenvalue weighted by atomic mass is 9.98. The predicted molar refractivity (Wildman–Crippen MR) is 61.9 cm³/mol. The normalized spacial score (nSPS) is 10.6. The van der Waals surface area contributed by atoms with Crippen molar-refractivity contribution in [3.63, 3.8) is 0 Å². The molecule has 1 rings (SSSR count). The first kappa shape index (κ1) is 14.1. The lowest BCUT2D eigenvalue weighted by Gasteiger charge is -2.15. The highest BCUT2D eigenvalue weighted by atomic mass is 16.7. The number of methoxy groups -OCH3 is 2. The van der Waals surface area contributed by atoms with E-state index >= 15 is 0 Å². The third-order valence-corrected chi connectivity index (χ3v) is 2.51. The van der Waals surface area contributed by atoms with Gasteiger partial charge in [-0.25, -0.2) is 9.59 Å². The number of benzene rings is 1. The van der Waals surface area contributed by atoms with Gasteiger partial charge in [-0.1, -0.05) is 12.1 Å². The summed E-state index contributed by atoms with van der Waals surface area (Å²) in [6.07, 6.45) is -0.456. The Morgan fingerprint density at radius 2 is 1.78 bits per heavy atom. The minimum Gasteiger partial charge on any atom is -0.478 e. The molecule has 0 aromatic heterocycles. The summed E-state index contributed by atoms with van der Waals surface area (Å²) in [4.78, 5) is 22.1. The molecule has 1 aromatic carbocycles. The Morgan fingerprint density at radius 3 is 2.22 bits per heavy atom. The van der Waals surface area contributed by atoms with Gasteiger partial charge in [0, 0.05) is 20.6 Å². The SMILES string of the molecule is COC(Cc1cccc(C(=O)O)c1C(=O)O)OC. The molecule has 0 heterocycles. The van der Waals surface area contributed by atoms with Gasteiger partial charge in [-0.05, 0) is 11.6 Å². The highest BCUT2D eigenvalue weighted by Crippen LogP contribution is 2.18. The van der Waals surface area contributed by atoms with Crippen molar-refractivity contribution in [2.75, 3.05) is 14.2 Å². The quantitative estimate of drug-likeness (QED) is 0.742. The number of hydrogen-bond acceptors (Lipinski definition) is 4. The molecule has 0 spiro atoms. The molecule has 0 bridgehead atoms. The number of rotatable bonds is 6. The van der Waals surface area contributed by atoms with Gasteiger partial charge in [0.05, 0.1) is 11.1 Å². The number of hydrogen-bond donors (Lipinski definition) is 2. The van der Waals surface area contributed by atoms with Gasteiger partial charge in [-0.3, -0.25) is 0 Å². The van der Waals surface area contributed by atoms with E-state index in [1.807, 2.05) is 0 Å². The first-order chi connectivity index (χ1) is 8.51. The molecule has 0 radical (unpaired) electrons. The Kier molecular flexibility index (Phi) is 4.82. The molecule has 0 atom stereocenters. The lowest BCUT2D eigenvalue weighted by Crippen LogP contribution is -2.19. The van der Waals surface area contributed by atoms with Crippen LogP contribution >= 0.6 is 0 Å². The minimum atomic E-state index is -1.28. The van der Waals surface area contributed by atoms with E-state index in [4.69, 9.17) is 19.7 Å². The average molecular weight is 254 g/mol. The van der Waals surface area contributed by atoms with Gasteiger partial charge in [0.1, 0.15) is 0 Å². The molecule has 0 unspecified atom stereocenters. The number of carboxylic acid groups (broad SMARTS) is 2. The summed E-state index contributed by atoms with van der Waals surface area (Å²) in [6, 6.07) is 4.29. The lowest BCUT2D eigenvalue weighted by molar-refractivity contribution is -0.100. The summed E-state index contributed by atoms with van der Waals surface area (Å²) in [5.74, 6) is -2.56. The van der Waals surface area contributed by atoms with Crippen LogP contribution in [0.25, 0.3) is 0 Å². The molecule has 98 valence electrons. The van der Waals surface area contributed by atoms with Crippen LogP contribution in [0.2, 0.25) is 0 Å². The van der Waals surface area contributed by atoms with E-state index in [1.54, 1.807) is 6.07 Å². The van der Waals surface area contributed by atoms with Crippen LogP contribution in [0.3, 0.4) is 0 Å². The van der Waals surface area contributed by atoms with E-state index in [1.165, 1.54) is 26.4 Å². The molecular weight excluding hydrogens is 240 g/mol. The molecule has 6 heteroatoms. The van der Waals surface area contributed by atoms with E-state index in [0.29, 0.717) is 5.56 Å². The number of aromatic carboxylic acids is 2. The largest absolute Gasteiger partial charge is 0.478 e. The first-order valence-corrected chi connectivity index (χ1v) is 5.15. The van der Waals surface area contributed by atoms with Crippen LogP contribution in [0.15, 0.2) is 18.2 Å². The Bertz CT molecular complexity index is 450. The summed E-state index contributed by atoms with van der Waals surface area (Å²) in [5.41, 5.74) is -0.119. The van der Waals surface area contributed by atoms with Gasteiger partial charge in [0.25, 0.3) is 0 Å². The van der Waals surface area contributed by atoms with Crippen molar-refractivity contribution in [2.24, 2.45) is 0 Å². The van der Waals surface area contributed by atoms with E-state index in [0.717, 1.165) is 0 Å². The molecule has 6 nitrogen and oxygen atoms in total. The first-order valence-electron chi connectivity index (χ1n) is 5.15. The third-order valence-electron chi connectivity index (χ3n) is 2.51. The molecule has 0 saturated heterocycles. The van der Waals surface area contributed by atoms with Gasteiger partial charge in [0.2, 0.25) is 0 Å². The van der Waals surface area contributed by atoms with Crippen molar-refractivity contribution in [2.45, 2.75) is 12.7 Å². The Hall–Kier alpha value is -1.92. The maximum absolute atomic E-state index is 11.2. The van der Waals surface area contributed by atoms with Crippen molar-refractivity contribution in [3.8, 4) is 0 Å². The van der Waals surface area contributed by atoms with E-state index in [9.17, 15) is 9.59 Å². The molecule has 0 saturated carbocycles. The fourth-order valence-corrected chi connectivity index (χ4v) is 1.64. The number of carbonyl (C=O) groups is 2. The molecule has 0 aliphatic rings. The summed E-state index contributed by atoms with van der Waals surface area (Å²) in [7, 11) is 2.85. The number of ether oxygens (including phenoxy) is 2. The molecule has 2 N–H and O–H groups in total. The Morgan fingerprint density at radius 1 is 1.17 bits per heavy atom. The summed E-state index contributed by atoms with van der Waals surface area (Å²) >= 11 is 0. The van der Waals surface area contributed by atoms with Crippen LogP contribution in [0.5, 0.6) is 0 Å². The second-order valence-electron chi connectivity index (χ2n) is 3.56. The molecule has 0 aliphatic carbocycles. The zero-order valence-electron chi connectivity index (χ0n) is 10.0. The van der Waals surface area contributed by atoms with Crippen LogP contribution in [0.4, 0.5) is 0 Å². The van der Waals surface area contributed by atoms with Crippen molar-refractivity contribution in [1.29, 1.82) is 0 Å². The van der Waals surface area contributed by atoms with Crippen LogP contribution in [-0.2, 0) is 15.9 Å². The molecule has 18 heavy (non-hydrogen) atoms. The van der Waals surface area contributed by atoms with Crippen LogP contribution < -0.4 is 0 Å². The fourth-order valence-electron chi connectivity index (χ4n) is 1.64. The van der Waals surface area contributed by atoms with Gasteiger partial charge in [-0.15, -0.1) is 0 Å². The summed E-state index contributed by atoms with van der Waals surface area (Å²) < 4.78 is 9.95. The van der Waals surface area contributed by atoms with Crippen LogP contribution in [-0.4, -0.2) is 42.7 Å². The zero-order valence-corrected chi connectivity index (χ0v) is 10.0. The Labute approximate surface area is 104 Å². The smallest absolute Gasteiger partial charge is 0.336 e. The third kappa shape index (κ3) is 3.06. The second-order valence-corrected chi connectivity index (χ2v) is 3.56. The minimum absolute atomic E-state index is 0.162. The second kappa shape index (κ2) is 6.13. The molecule has 0 amide bonds. The predicted octanol–water partition coefficient (Wildman–Crippen LogP) is 1.24. The fraction of sp³-hybridized carbons (Fsp3) is 0.333. The topological polar surface area (TPSA) is 93.1 Å². The maximum Gasteiger partial charge on any atom is 0.336 e. The molecule has 0 fully saturated rings. The zero-order chi connectivity index (χ0) is 13.7. The van der Waals surface area contributed by atoms with Crippen molar-refractivity contribution >= 4 is 11.9 Å². The number of carboxylic acids is 2. The van der Waals surface area contributed by atoms with Crippen LogP contribution in [0, 0.1) is 0 Å². The monoisotopic (exact) mass is 254 g/mol. The van der Waals surface area contributed by atoms with Gasteiger partial charge in [0.15, 0.2) is 6.29 Å². The van der Waals surface area contributed by atoms with E-state index < -0.39 is 18.2 Å². The molecule has 0 aliphatic heterocycles.